The molecule has 0 fully saturated rings. The summed E-state index contributed by atoms with van der Waals surface area (Å²) in [7, 11) is 0. The van der Waals surface area contributed by atoms with Crippen molar-refractivity contribution in [2.45, 2.75) is 32.3 Å². The molecule has 1 nitrogen and oxygen atoms in total. The number of aliphatic hydroxyl groups excluding tert-OH is 1. The Labute approximate surface area is 115 Å². The van der Waals surface area contributed by atoms with Gasteiger partial charge in [0.25, 0.3) is 0 Å². The summed E-state index contributed by atoms with van der Waals surface area (Å²) in [5.41, 5.74) is 1.05. The molecule has 1 atom stereocenters. The third-order valence-electron chi connectivity index (χ3n) is 2.46. The Morgan fingerprint density at radius 3 is 1.94 bits per heavy atom. The Hall–Kier alpha value is -0.821. The van der Waals surface area contributed by atoms with Gasteiger partial charge in [-0.15, -0.1) is 5.56 Å². The molecular formula is C15H20FeO-6. The first-order valence-corrected chi connectivity index (χ1v) is 5.91. The molecule has 2 aromatic rings. The van der Waals surface area contributed by atoms with Gasteiger partial charge in [0.2, 0.25) is 0 Å². The van der Waals surface area contributed by atoms with Crippen molar-refractivity contribution in [2.24, 2.45) is 0 Å². The number of hydrogen-bond donors (Lipinski definition) is 1. The average molecular weight is 272 g/mol. The van der Waals surface area contributed by atoms with Crippen LogP contribution in [-0.2, 0) is 17.1 Å². The summed E-state index contributed by atoms with van der Waals surface area (Å²) in [6.45, 7) is 2.14. The molecule has 0 aliphatic carbocycles. The van der Waals surface area contributed by atoms with Crippen LogP contribution in [0.4, 0.5) is 0 Å². The molecule has 17 heavy (non-hydrogen) atoms. The van der Waals surface area contributed by atoms with Gasteiger partial charge in [0.05, 0.1) is 0 Å². The monoisotopic (exact) mass is 272 g/mol. The third-order valence-corrected chi connectivity index (χ3v) is 2.46. The van der Waals surface area contributed by atoms with Crippen LogP contribution >= 0.6 is 0 Å². The van der Waals surface area contributed by atoms with E-state index in [1.165, 1.54) is 0 Å². The second kappa shape index (κ2) is 10.3. The van der Waals surface area contributed by atoms with E-state index in [0.29, 0.717) is 0 Å². The fourth-order valence-corrected chi connectivity index (χ4v) is 1.50. The smallest absolute Gasteiger partial charge is 0.0351 e. The standard InChI is InChI=1S/C10H15O.C5H5.Fe/c1-2-3-8-10(11)9-6-4-5-7-9;1-2-4-5-3-1;/h4-7,10-11H,2-3,8H2,1H3;1-5H;/q-1;-5;. The summed E-state index contributed by atoms with van der Waals surface area (Å²) >= 11 is 0. The van der Waals surface area contributed by atoms with Crippen LogP contribution in [0.3, 0.4) is 0 Å². The van der Waals surface area contributed by atoms with Crippen molar-refractivity contribution in [1.82, 2.24) is 0 Å². The first-order valence-electron chi connectivity index (χ1n) is 5.91. The predicted molar refractivity (Wildman–Crippen MR) is 68.6 cm³/mol. The van der Waals surface area contributed by atoms with Crippen molar-refractivity contribution in [3.8, 4) is 0 Å². The minimum Gasteiger partial charge on any atom is -0.748 e. The molecule has 2 heteroatoms. The fraction of sp³-hybridized carbons (Fsp3) is 0.333. The van der Waals surface area contributed by atoms with E-state index in [1.807, 2.05) is 54.6 Å². The molecule has 0 heterocycles. The Kier molecular flexibility index (Phi) is 9.84. The van der Waals surface area contributed by atoms with Crippen molar-refractivity contribution in [3.63, 3.8) is 0 Å². The number of aliphatic hydroxyl groups is 1. The molecule has 1 N–H and O–H groups in total. The van der Waals surface area contributed by atoms with Crippen molar-refractivity contribution in [1.29, 1.82) is 0 Å². The molecule has 0 radical (unpaired) electrons. The van der Waals surface area contributed by atoms with E-state index in [-0.39, 0.29) is 23.2 Å². The molecule has 0 saturated carbocycles. The Morgan fingerprint density at radius 1 is 1.06 bits per heavy atom. The Bertz CT molecular complexity index is 306. The first-order chi connectivity index (χ1) is 7.84. The predicted octanol–water partition coefficient (Wildman–Crippen LogP) is 4.03. The molecule has 2 rings (SSSR count). The number of unbranched alkanes of at least 4 members (excludes halogenated alkanes) is 1. The molecule has 0 aromatic heterocycles. The maximum atomic E-state index is 9.54. The van der Waals surface area contributed by atoms with Gasteiger partial charge in [-0.2, -0.15) is 12.1 Å². The van der Waals surface area contributed by atoms with Gasteiger partial charge in [-0.05, 0) is 6.42 Å². The summed E-state index contributed by atoms with van der Waals surface area (Å²) in [5, 5.41) is 9.54. The molecule has 0 aliphatic rings. The molecule has 0 amide bonds. The van der Waals surface area contributed by atoms with E-state index in [4.69, 9.17) is 0 Å². The van der Waals surface area contributed by atoms with Gasteiger partial charge in [0.1, 0.15) is 0 Å². The average Bonchev–Trinajstić information content (AvgIpc) is 2.98. The van der Waals surface area contributed by atoms with Crippen LogP contribution in [0.15, 0.2) is 54.6 Å². The van der Waals surface area contributed by atoms with Gasteiger partial charge in [0, 0.05) is 23.2 Å². The van der Waals surface area contributed by atoms with Crippen molar-refractivity contribution in [3.05, 3.63) is 60.2 Å². The second-order valence-corrected chi connectivity index (χ2v) is 3.84. The van der Waals surface area contributed by atoms with Crippen LogP contribution < -0.4 is 0 Å². The molecule has 0 bridgehead atoms. The molecule has 100 valence electrons. The molecule has 2 aromatic carbocycles. The zero-order valence-electron chi connectivity index (χ0n) is 10.2. The van der Waals surface area contributed by atoms with Gasteiger partial charge < -0.3 is 35.4 Å². The molecular weight excluding hydrogens is 252 g/mol. The van der Waals surface area contributed by atoms with Crippen molar-refractivity contribution in [2.75, 3.05) is 0 Å². The van der Waals surface area contributed by atoms with E-state index in [2.05, 4.69) is 6.92 Å². The quantitative estimate of drug-likeness (QED) is 0.658. The Balaban J connectivity index is 0.000000360. The molecule has 0 spiro atoms. The fourth-order valence-electron chi connectivity index (χ4n) is 1.50. The van der Waals surface area contributed by atoms with Crippen LogP contribution in [0.2, 0.25) is 0 Å². The van der Waals surface area contributed by atoms with E-state index in [0.717, 1.165) is 24.8 Å². The summed E-state index contributed by atoms with van der Waals surface area (Å²) in [6.07, 6.45) is 2.90. The first kappa shape index (κ1) is 16.2. The summed E-state index contributed by atoms with van der Waals surface area (Å²) in [5.74, 6) is 0. The normalized spacial score (nSPS) is 10.9. The SMILES string of the molecule is CCCCC(O)[c-]1cccc1.[Fe].[cH-]1[cH-][cH-][cH-][cH-]1. The second-order valence-electron chi connectivity index (χ2n) is 3.84. The van der Waals surface area contributed by atoms with E-state index < -0.39 is 0 Å². The van der Waals surface area contributed by atoms with Crippen LogP contribution in [-0.4, -0.2) is 5.11 Å². The Morgan fingerprint density at radius 2 is 1.53 bits per heavy atom. The van der Waals surface area contributed by atoms with Gasteiger partial charge in [-0.25, -0.2) is 12.1 Å². The number of hydrogen-bond acceptors (Lipinski definition) is 1. The maximum Gasteiger partial charge on any atom is 0.0351 e. The molecule has 0 aliphatic heterocycles. The summed E-state index contributed by atoms with van der Waals surface area (Å²) in [6, 6.07) is 17.9. The summed E-state index contributed by atoms with van der Waals surface area (Å²) < 4.78 is 0. The van der Waals surface area contributed by atoms with Crippen LogP contribution in [0, 0.1) is 0 Å². The zero-order valence-corrected chi connectivity index (χ0v) is 11.3. The molecule has 0 saturated heterocycles. The van der Waals surface area contributed by atoms with Gasteiger partial charge in [0.15, 0.2) is 0 Å². The summed E-state index contributed by atoms with van der Waals surface area (Å²) in [4.78, 5) is 0. The molecule has 1 unspecified atom stereocenters. The van der Waals surface area contributed by atoms with Crippen molar-refractivity contribution < 1.29 is 22.2 Å². The zero-order chi connectivity index (χ0) is 11.6. The van der Waals surface area contributed by atoms with E-state index >= 15 is 0 Å². The van der Waals surface area contributed by atoms with Gasteiger partial charge in [-0.1, -0.05) is 19.8 Å². The maximum absolute atomic E-state index is 9.54. The van der Waals surface area contributed by atoms with Gasteiger partial charge >= 0.3 is 0 Å². The minimum atomic E-state index is -0.245. The van der Waals surface area contributed by atoms with Crippen LogP contribution in [0.25, 0.3) is 0 Å². The van der Waals surface area contributed by atoms with E-state index in [1.54, 1.807) is 0 Å². The van der Waals surface area contributed by atoms with Crippen LogP contribution in [0.5, 0.6) is 0 Å². The number of rotatable bonds is 4. The van der Waals surface area contributed by atoms with Crippen molar-refractivity contribution >= 4 is 0 Å². The van der Waals surface area contributed by atoms with Crippen LogP contribution in [0.1, 0.15) is 37.9 Å². The minimum absolute atomic E-state index is 0. The third kappa shape index (κ3) is 7.17. The largest absolute Gasteiger partial charge is 0.748 e. The topological polar surface area (TPSA) is 20.2 Å². The van der Waals surface area contributed by atoms with E-state index in [9.17, 15) is 5.11 Å². The van der Waals surface area contributed by atoms with Gasteiger partial charge in [-0.3, -0.25) is 0 Å².